The summed E-state index contributed by atoms with van der Waals surface area (Å²) in [5, 5.41) is 11.1. The predicted molar refractivity (Wildman–Crippen MR) is 96.4 cm³/mol. The molecule has 8 nitrogen and oxygen atoms in total. The van der Waals surface area contributed by atoms with Crippen LogP contribution in [0.25, 0.3) is 0 Å². The molecule has 25 heavy (non-hydrogen) atoms. The molecule has 2 aromatic rings. The molecule has 0 bridgehead atoms. The van der Waals surface area contributed by atoms with E-state index in [1.54, 1.807) is 17.1 Å². The molecular formula is C17H25N7O. The van der Waals surface area contributed by atoms with Crippen LogP contribution in [0.4, 0.5) is 11.5 Å². The van der Waals surface area contributed by atoms with Crippen molar-refractivity contribution in [2.24, 2.45) is 0 Å². The lowest BCUT2D eigenvalue weighted by molar-refractivity contribution is -0.132. The zero-order valence-electron chi connectivity index (χ0n) is 14.8. The zero-order valence-corrected chi connectivity index (χ0v) is 14.8. The maximum absolute atomic E-state index is 12.4. The van der Waals surface area contributed by atoms with Gasteiger partial charge in [-0.15, -0.1) is 5.10 Å². The average molecular weight is 343 g/mol. The minimum atomic E-state index is 0.100. The van der Waals surface area contributed by atoms with Crippen LogP contribution in [0.15, 0.2) is 30.7 Å². The molecule has 1 N–H and O–H groups in total. The van der Waals surface area contributed by atoms with E-state index in [-0.39, 0.29) is 12.5 Å². The fourth-order valence-electron chi connectivity index (χ4n) is 3.02. The number of likely N-dealkylation sites (tertiary alicyclic amines) is 1. The van der Waals surface area contributed by atoms with E-state index in [2.05, 4.69) is 26.7 Å². The maximum atomic E-state index is 12.4. The van der Waals surface area contributed by atoms with Gasteiger partial charge in [-0.1, -0.05) is 5.21 Å². The Bertz CT molecular complexity index is 669. The fraction of sp³-hybridized carbons (Fsp3) is 0.529. The van der Waals surface area contributed by atoms with Crippen LogP contribution in [0.1, 0.15) is 19.3 Å². The molecule has 1 atom stereocenters. The van der Waals surface area contributed by atoms with Crippen LogP contribution < -0.4 is 10.2 Å². The first-order chi connectivity index (χ1) is 12.1. The molecule has 3 rings (SSSR count). The second-order valence-corrected chi connectivity index (χ2v) is 6.55. The summed E-state index contributed by atoms with van der Waals surface area (Å²) in [7, 11) is 3.96. The Morgan fingerprint density at radius 2 is 2.20 bits per heavy atom. The molecule has 1 aliphatic heterocycles. The lowest BCUT2D eigenvalue weighted by atomic mass is 10.1. The number of nitrogens with one attached hydrogen (secondary N) is 1. The second kappa shape index (κ2) is 7.96. The molecule has 0 spiro atoms. The van der Waals surface area contributed by atoms with Crippen molar-refractivity contribution in [1.82, 2.24) is 24.9 Å². The Morgan fingerprint density at radius 1 is 1.32 bits per heavy atom. The number of hydrogen-bond acceptors (Lipinski definition) is 6. The molecule has 0 radical (unpaired) electrons. The van der Waals surface area contributed by atoms with E-state index < -0.39 is 0 Å². The van der Waals surface area contributed by atoms with Crippen LogP contribution in [-0.2, 0) is 11.3 Å². The smallest absolute Gasteiger partial charge is 0.244 e. The molecule has 0 saturated carbocycles. The summed E-state index contributed by atoms with van der Waals surface area (Å²) in [5.41, 5.74) is 1.03. The van der Waals surface area contributed by atoms with Crippen LogP contribution in [0.3, 0.4) is 0 Å². The van der Waals surface area contributed by atoms with E-state index in [0.717, 1.165) is 43.9 Å². The van der Waals surface area contributed by atoms with Gasteiger partial charge in [-0.25, -0.2) is 9.67 Å². The number of amides is 1. The lowest BCUT2D eigenvalue weighted by Gasteiger charge is -2.21. The van der Waals surface area contributed by atoms with Gasteiger partial charge in [-0.05, 0) is 31.4 Å². The first-order valence-corrected chi connectivity index (χ1v) is 8.63. The van der Waals surface area contributed by atoms with Gasteiger partial charge in [0.2, 0.25) is 5.91 Å². The highest BCUT2D eigenvalue weighted by atomic mass is 16.2. The van der Waals surface area contributed by atoms with Crippen molar-refractivity contribution in [3.63, 3.8) is 0 Å². The topological polar surface area (TPSA) is 79.2 Å². The third kappa shape index (κ3) is 4.68. The molecule has 134 valence electrons. The van der Waals surface area contributed by atoms with Crippen molar-refractivity contribution in [3.8, 4) is 0 Å². The summed E-state index contributed by atoms with van der Waals surface area (Å²) < 4.78 is 1.57. The fourth-order valence-corrected chi connectivity index (χ4v) is 3.02. The van der Waals surface area contributed by atoms with Gasteiger partial charge >= 0.3 is 0 Å². The van der Waals surface area contributed by atoms with Gasteiger partial charge in [0.25, 0.3) is 0 Å². The first kappa shape index (κ1) is 17.2. The number of hydrogen-bond donors (Lipinski definition) is 1. The molecule has 8 heteroatoms. The van der Waals surface area contributed by atoms with Gasteiger partial charge in [0.1, 0.15) is 12.4 Å². The Kier molecular flexibility index (Phi) is 5.47. The molecule has 1 saturated heterocycles. The van der Waals surface area contributed by atoms with Crippen molar-refractivity contribution in [2.45, 2.75) is 31.8 Å². The number of anilines is 2. The van der Waals surface area contributed by atoms with Gasteiger partial charge in [-0.2, -0.15) is 0 Å². The van der Waals surface area contributed by atoms with Gasteiger partial charge < -0.3 is 15.1 Å². The molecule has 1 fully saturated rings. The largest absolute Gasteiger partial charge is 0.381 e. The Morgan fingerprint density at radius 3 is 2.88 bits per heavy atom. The summed E-state index contributed by atoms with van der Waals surface area (Å²) in [5.74, 6) is 1.04. The Hall–Kier alpha value is -2.64. The van der Waals surface area contributed by atoms with E-state index in [1.807, 2.05) is 36.2 Å². The van der Waals surface area contributed by atoms with Crippen molar-refractivity contribution in [3.05, 3.63) is 30.7 Å². The number of carbonyl (C=O) groups is 1. The average Bonchev–Trinajstić information content (AvgIpc) is 2.99. The van der Waals surface area contributed by atoms with E-state index in [0.29, 0.717) is 6.04 Å². The molecule has 1 aliphatic rings. The lowest BCUT2D eigenvalue weighted by Crippen LogP contribution is -2.35. The van der Waals surface area contributed by atoms with Crippen molar-refractivity contribution in [2.75, 3.05) is 37.4 Å². The Balaban J connectivity index is 1.51. The predicted octanol–water partition coefficient (Wildman–Crippen LogP) is 1.23. The molecule has 2 aromatic heterocycles. The van der Waals surface area contributed by atoms with Crippen LogP contribution in [-0.4, -0.2) is 64.0 Å². The van der Waals surface area contributed by atoms with E-state index >= 15 is 0 Å². The monoisotopic (exact) mass is 343 g/mol. The maximum Gasteiger partial charge on any atom is 0.244 e. The highest BCUT2D eigenvalue weighted by molar-refractivity contribution is 5.75. The van der Waals surface area contributed by atoms with Gasteiger partial charge in [0.15, 0.2) is 0 Å². The van der Waals surface area contributed by atoms with E-state index in [1.165, 1.54) is 0 Å². The number of carbonyl (C=O) groups excluding carboxylic acids is 1. The second-order valence-electron chi connectivity index (χ2n) is 6.55. The minimum Gasteiger partial charge on any atom is -0.381 e. The van der Waals surface area contributed by atoms with Gasteiger partial charge in [0.05, 0.1) is 18.1 Å². The molecule has 1 amide bonds. The summed E-state index contributed by atoms with van der Waals surface area (Å²) >= 11 is 0. The van der Waals surface area contributed by atoms with Crippen molar-refractivity contribution >= 4 is 17.4 Å². The highest BCUT2D eigenvalue weighted by Gasteiger charge is 2.21. The highest BCUT2D eigenvalue weighted by Crippen LogP contribution is 2.18. The summed E-state index contributed by atoms with van der Waals surface area (Å²) in [6, 6.07) is 4.42. The van der Waals surface area contributed by atoms with Crippen molar-refractivity contribution in [1.29, 1.82) is 0 Å². The quantitative estimate of drug-likeness (QED) is 0.880. The van der Waals surface area contributed by atoms with E-state index in [4.69, 9.17) is 0 Å². The number of aromatic nitrogens is 4. The van der Waals surface area contributed by atoms with E-state index in [9.17, 15) is 4.79 Å². The van der Waals surface area contributed by atoms with Crippen molar-refractivity contribution < 1.29 is 4.79 Å². The van der Waals surface area contributed by atoms with Crippen LogP contribution in [0, 0.1) is 0 Å². The third-order valence-corrected chi connectivity index (χ3v) is 4.43. The standard InChI is InChI=1S/C17H25N7O/c1-22(2)16-6-5-15(12-18-16)20-14-4-3-9-23(10-7-14)17(25)13-24-11-8-19-21-24/h5-6,8,11-12,14,20H,3-4,7,9-10,13H2,1-2H3/t14-/m1/s1. The normalized spacial score (nSPS) is 17.8. The molecule has 0 aromatic carbocycles. The summed E-state index contributed by atoms with van der Waals surface area (Å²) in [6.07, 6.45) is 8.13. The molecular weight excluding hydrogens is 318 g/mol. The molecule has 3 heterocycles. The zero-order chi connectivity index (χ0) is 17.6. The minimum absolute atomic E-state index is 0.100. The van der Waals surface area contributed by atoms with Crippen LogP contribution in [0.5, 0.6) is 0 Å². The number of pyridine rings is 1. The number of nitrogens with zero attached hydrogens (tertiary/aromatic N) is 6. The van der Waals surface area contributed by atoms with Crippen LogP contribution in [0.2, 0.25) is 0 Å². The summed E-state index contributed by atoms with van der Waals surface area (Å²) in [4.78, 5) is 20.7. The molecule has 0 unspecified atom stereocenters. The third-order valence-electron chi connectivity index (χ3n) is 4.43. The first-order valence-electron chi connectivity index (χ1n) is 8.63. The van der Waals surface area contributed by atoms with Gasteiger partial charge in [-0.3, -0.25) is 4.79 Å². The Labute approximate surface area is 147 Å². The molecule has 0 aliphatic carbocycles. The summed E-state index contributed by atoms with van der Waals surface area (Å²) in [6.45, 7) is 1.81. The number of rotatable bonds is 5. The van der Waals surface area contributed by atoms with Gasteiger partial charge in [0, 0.05) is 39.4 Å². The van der Waals surface area contributed by atoms with Crippen LogP contribution >= 0.6 is 0 Å². The SMILES string of the molecule is CN(C)c1ccc(N[C@@H]2CCCN(C(=O)Cn3ccnn3)CC2)cn1.